The van der Waals surface area contributed by atoms with E-state index in [2.05, 4.69) is 10.3 Å². The molecule has 0 spiro atoms. The molecule has 25 heavy (non-hydrogen) atoms. The van der Waals surface area contributed by atoms with Crippen LogP contribution in [0.2, 0.25) is 0 Å². The number of likely N-dealkylation sites (tertiary alicyclic amines) is 1. The van der Waals surface area contributed by atoms with E-state index in [0.717, 1.165) is 18.4 Å². The van der Waals surface area contributed by atoms with Crippen molar-refractivity contribution < 1.29 is 14.3 Å². The smallest absolute Gasteiger partial charge is 0.254 e. The van der Waals surface area contributed by atoms with Gasteiger partial charge in [-0.3, -0.25) is 4.79 Å². The van der Waals surface area contributed by atoms with Crippen LogP contribution in [0.15, 0.2) is 41.0 Å². The summed E-state index contributed by atoms with van der Waals surface area (Å²) in [5, 5.41) is 18.4. The molecule has 1 amide bonds. The first-order valence-corrected chi connectivity index (χ1v) is 8.45. The third-order valence-electron chi connectivity index (χ3n) is 4.86. The largest absolute Gasteiger partial charge is 0.467 e. The second kappa shape index (κ2) is 6.33. The van der Waals surface area contributed by atoms with Gasteiger partial charge in [0.15, 0.2) is 0 Å². The third-order valence-corrected chi connectivity index (χ3v) is 4.86. The average Bonchev–Trinajstić information content (AvgIpc) is 3.35. The number of aliphatic hydroxyl groups is 1. The predicted octanol–water partition coefficient (Wildman–Crippen LogP) is 2.29. The molecule has 0 saturated carbocycles. The minimum Gasteiger partial charge on any atom is -0.467 e. The number of amides is 1. The maximum Gasteiger partial charge on any atom is 0.254 e. The summed E-state index contributed by atoms with van der Waals surface area (Å²) in [5.41, 5.74) is 2.20. The SMILES string of the molecule is Cn1nnc2cc(C(=O)N3CCC[C@@H]3C[C@@H](O)c3ccco3)ccc21. The zero-order valence-electron chi connectivity index (χ0n) is 14.0. The maximum absolute atomic E-state index is 12.9. The van der Waals surface area contributed by atoms with Crippen molar-refractivity contribution in [3.05, 3.63) is 47.9 Å². The molecule has 7 nitrogen and oxygen atoms in total. The van der Waals surface area contributed by atoms with Gasteiger partial charge in [0.25, 0.3) is 5.91 Å². The van der Waals surface area contributed by atoms with E-state index in [1.807, 2.05) is 24.1 Å². The molecular formula is C18H20N4O3. The Morgan fingerprint density at radius 1 is 1.44 bits per heavy atom. The summed E-state index contributed by atoms with van der Waals surface area (Å²) in [6.07, 6.45) is 3.15. The number of carbonyl (C=O) groups excluding carboxylic acids is 1. The number of carbonyl (C=O) groups is 1. The second-order valence-electron chi connectivity index (χ2n) is 6.48. The normalized spacial score (nSPS) is 18.8. The number of benzene rings is 1. The van der Waals surface area contributed by atoms with Crippen LogP contribution in [-0.2, 0) is 7.05 Å². The molecule has 2 aromatic heterocycles. The van der Waals surface area contributed by atoms with E-state index < -0.39 is 6.10 Å². The van der Waals surface area contributed by atoms with Crippen molar-refractivity contribution in [1.82, 2.24) is 19.9 Å². The van der Waals surface area contributed by atoms with E-state index in [9.17, 15) is 9.90 Å². The highest BCUT2D eigenvalue weighted by molar-refractivity contribution is 5.97. The molecule has 3 aromatic rings. The van der Waals surface area contributed by atoms with Crippen LogP contribution in [0.25, 0.3) is 11.0 Å². The van der Waals surface area contributed by atoms with E-state index in [1.165, 1.54) is 0 Å². The molecule has 0 unspecified atom stereocenters. The fourth-order valence-electron chi connectivity index (χ4n) is 3.54. The first-order chi connectivity index (χ1) is 12.1. The minimum atomic E-state index is -0.698. The molecule has 1 aliphatic rings. The highest BCUT2D eigenvalue weighted by Crippen LogP contribution is 2.29. The van der Waals surface area contributed by atoms with Crippen molar-refractivity contribution in [3.8, 4) is 0 Å². The summed E-state index contributed by atoms with van der Waals surface area (Å²) in [7, 11) is 1.82. The molecule has 1 aliphatic heterocycles. The van der Waals surface area contributed by atoms with Gasteiger partial charge in [-0.1, -0.05) is 5.21 Å². The van der Waals surface area contributed by atoms with Crippen LogP contribution in [0.5, 0.6) is 0 Å². The average molecular weight is 340 g/mol. The lowest BCUT2D eigenvalue weighted by Crippen LogP contribution is -2.36. The van der Waals surface area contributed by atoms with Gasteiger partial charge >= 0.3 is 0 Å². The lowest BCUT2D eigenvalue weighted by molar-refractivity contribution is 0.0641. The molecule has 0 aliphatic carbocycles. The first kappa shape index (κ1) is 15.8. The van der Waals surface area contributed by atoms with Gasteiger partial charge in [-0.15, -0.1) is 5.10 Å². The molecule has 1 aromatic carbocycles. The maximum atomic E-state index is 12.9. The van der Waals surface area contributed by atoms with Crippen molar-refractivity contribution in [2.75, 3.05) is 6.54 Å². The highest BCUT2D eigenvalue weighted by atomic mass is 16.4. The van der Waals surface area contributed by atoms with Crippen molar-refractivity contribution in [1.29, 1.82) is 0 Å². The van der Waals surface area contributed by atoms with E-state index in [-0.39, 0.29) is 11.9 Å². The Kier molecular flexibility index (Phi) is 4.01. The molecule has 1 saturated heterocycles. The zero-order chi connectivity index (χ0) is 17.4. The number of furan rings is 1. The van der Waals surface area contributed by atoms with E-state index >= 15 is 0 Å². The van der Waals surface area contributed by atoms with Gasteiger partial charge in [0.05, 0.1) is 11.8 Å². The summed E-state index contributed by atoms with van der Waals surface area (Å²) in [5.74, 6) is 0.516. The van der Waals surface area contributed by atoms with Crippen LogP contribution >= 0.6 is 0 Å². The number of aromatic nitrogens is 3. The second-order valence-corrected chi connectivity index (χ2v) is 6.48. The quantitative estimate of drug-likeness (QED) is 0.788. The molecule has 3 heterocycles. The van der Waals surface area contributed by atoms with Gasteiger partial charge in [0, 0.05) is 31.6 Å². The molecular weight excluding hydrogens is 320 g/mol. The summed E-state index contributed by atoms with van der Waals surface area (Å²) < 4.78 is 6.95. The molecule has 4 rings (SSSR count). The third kappa shape index (κ3) is 2.91. The summed E-state index contributed by atoms with van der Waals surface area (Å²) in [4.78, 5) is 14.8. The molecule has 2 atom stereocenters. The standard InChI is InChI=1S/C18H20N4O3/c1-21-15-7-6-12(10-14(15)19-20-21)18(24)22-8-2-4-13(22)11-16(23)17-5-3-9-25-17/h3,5-7,9-10,13,16,23H,2,4,8,11H2,1H3/t13-,16-/m1/s1. The summed E-state index contributed by atoms with van der Waals surface area (Å²) >= 11 is 0. The Morgan fingerprint density at radius 3 is 3.12 bits per heavy atom. The number of nitrogens with zero attached hydrogens (tertiary/aromatic N) is 4. The molecule has 1 N–H and O–H groups in total. The molecule has 130 valence electrons. The molecule has 7 heteroatoms. The number of fused-ring (bicyclic) bond motifs is 1. The first-order valence-electron chi connectivity index (χ1n) is 8.45. The van der Waals surface area contributed by atoms with Crippen LogP contribution in [0, 0.1) is 0 Å². The Morgan fingerprint density at radius 2 is 2.32 bits per heavy atom. The number of aryl methyl sites for hydroxylation is 1. The molecule has 0 bridgehead atoms. The van der Waals surface area contributed by atoms with Crippen LogP contribution in [-0.4, -0.2) is 43.5 Å². The topological polar surface area (TPSA) is 84.4 Å². The summed E-state index contributed by atoms with van der Waals surface area (Å²) in [6.45, 7) is 0.701. The van der Waals surface area contributed by atoms with Crippen molar-refractivity contribution in [2.24, 2.45) is 7.05 Å². The summed E-state index contributed by atoms with van der Waals surface area (Å²) in [6, 6.07) is 8.98. The lowest BCUT2D eigenvalue weighted by atomic mass is 10.0. The van der Waals surface area contributed by atoms with Gasteiger partial charge in [-0.05, 0) is 43.2 Å². The van der Waals surface area contributed by atoms with Crippen molar-refractivity contribution in [3.63, 3.8) is 0 Å². The molecule has 0 radical (unpaired) electrons. The predicted molar refractivity (Wildman–Crippen MR) is 90.9 cm³/mol. The zero-order valence-corrected chi connectivity index (χ0v) is 14.0. The Balaban J connectivity index is 1.53. The number of hydrogen-bond acceptors (Lipinski definition) is 5. The fraction of sp³-hybridized carbons (Fsp3) is 0.389. The van der Waals surface area contributed by atoms with Gasteiger partial charge in [-0.2, -0.15) is 0 Å². The van der Waals surface area contributed by atoms with Crippen molar-refractivity contribution >= 4 is 16.9 Å². The van der Waals surface area contributed by atoms with Crippen LogP contribution in [0.1, 0.15) is 41.5 Å². The van der Waals surface area contributed by atoms with Gasteiger partial charge in [0.2, 0.25) is 0 Å². The number of hydrogen-bond donors (Lipinski definition) is 1. The molecule has 1 fully saturated rings. The van der Waals surface area contributed by atoms with E-state index in [4.69, 9.17) is 4.42 Å². The Labute approximate surface area is 144 Å². The highest BCUT2D eigenvalue weighted by Gasteiger charge is 2.32. The van der Waals surface area contributed by atoms with Gasteiger partial charge in [-0.25, -0.2) is 4.68 Å². The van der Waals surface area contributed by atoms with Crippen LogP contribution in [0.3, 0.4) is 0 Å². The number of aliphatic hydroxyl groups excluding tert-OH is 1. The Bertz CT molecular complexity index is 887. The van der Waals surface area contributed by atoms with E-state index in [1.54, 1.807) is 29.1 Å². The fourth-order valence-corrected chi connectivity index (χ4v) is 3.54. The monoisotopic (exact) mass is 340 g/mol. The lowest BCUT2D eigenvalue weighted by Gasteiger charge is -2.26. The van der Waals surface area contributed by atoms with Crippen molar-refractivity contribution in [2.45, 2.75) is 31.4 Å². The number of rotatable bonds is 4. The van der Waals surface area contributed by atoms with Crippen LogP contribution < -0.4 is 0 Å². The van der Waals surface area contributed by atoms with E-state index in [0.29, 0.717) is 29.8 Å². The van der Waals surface area contributed by atoms with Crippen LogP contribution in [0.4, 0.5) is 0 Å². The van der Waals surface area contributed by atoms with Gasteiger partial charge in [0.1, 0.15) is 17.4 Å². The minimum absolute atomic E-state index is 0.00477. The van der Waals surface area contributed by atoms with Gasteiger partial charge < -0.3 is 14.4 Å². The Hall–Kier alpha value is -2.67.